The molecule has 0 aromatic heterocycles. The second kappa shape index (κ2) is 8.27. The average molecular weight is 400 g/mol. The Labute approximate surface area is 170 Å². The molecule has 5 nitrogen and oxygen atoms in total. The van der Waals surface area contributed by atoms with E-state index in [0.717, 1.165) is 21.9 Å². The van der Waals surface area contributed by atoms with Gasteiger partial charge in [-0.05, 0) is 57.0 Å². The van der Waals surface area contributed by atoms with Crippen molar-refractivity contribution in [2.24, 2.45) is 0 Å². The number of carbonyl (C=O) groups is 2. The maximum absolute atomic E-state index is 13.2. The third-order valence-electron chi connectivity index (χ3n) is 4.25. The molecule has 1 unspecified atom stereocenters. The van der Waals surface area contributed by atoms with E-state index in [9.17, 15) is 9.59 Å². The van der Waals surface area contributed by atoms with Crippen molar-refractivity contribution in [1.29, 1.82) is 0 Å². The fraction of sp³-hybridized carbons (Fsp3) is 0.364. The summed E-state index contributed by atoms with van der Waals surface area (Å²) in [5.74, 6) is 0.291. The van der Waals surface area contributed by atoms with Gasteiger partial charge in [0.2, 0.25) is 5.91 Å². The minimum atomic E-state index is -0.591. The van der Waals surface area contributed by atoms with Gasteiger partial charge in [-0.25, -0.2) is 0 Å². The average Bonchev–Trinajstić information content (AvgIpc) is 2.64. The topological polar surface area (TPSA) is 55.8 Å². The van der Waals surface area contributed by atoms with Crippen molar-refractivity contribution in [3.63, 3.8) is 0 Å². The zero-order valence-corrected chi connectivity index (χ0v) is 17.4. The molecular formula is C22H25NO4S. The van der Waals surface area contributed by atoms with Crippen molar-refractivity contribution >= 4 is 29.3 Å². The first-order valence-electron chi connectivity index (χ1n) is 9.18. The molecule has 2 aromatic carbocycles. The lowest BCUT2D eigenvalue weighted by Crippen LogP contribution is -2.45. The Bertz CT molecular complexity index is 858. The van der Waals surface area contributed by atoms with Gasteiger partial charge in [-0.3, -0.25) is 14.5 Å². The number of thioether (sulfide) groups is 1. The van der Waals surface area contributed by atoms with Crippen LogP contribution in [0.5, 0.6) is 5.75 Å². The number of hydrogen-bond acceptors (Lipinski definition) is 5. The summed E-state index contributed by atoms with van der Waals surface area (Å²) in [6.07, 6.45) is 0.576. The molecule has 0 saturated carbocycles. The molecule has 1 atom stereocenters. The van der Waals surface area contributed by atoms with Crippen LogP contribution in [0, 0.1) is 0 Å². The number of ether oxygens (including phenoxy) is 2. The van der Waals surface area contributed by atoms with E-state index in [2.05, 4.69) is 0 Å². The maximum atomic E-state index is 13.2. The molecule has 1 heterocycles. The molecule has 1 aliphatic rings. The molecule has 0 aliphatic carbocycles. The maximum Gasteiger partial charge on any atom is 0.326 e. The molecule has 2 aromatic rings. The van der Waals surface area contributed by atoms with Gasteiger partial charge < -0.3 is 9.47 Å². The zero-order valence-electron chi connectivity index (χ0n) is 16.6. The van der Waals surface area contributed by atoms with Crippen molar-refractivity contribution in [3.8, 4) is 5.75 Å². The van der Waals surface area contributed by atoms with Crippen LogP contribution in [0.2, 0.25) is 0 Å². The molecule has 0 radical (unpaired) electrons. The summed E-state index contributed by atoms with van der Waals surface area (Å²) in [6, 6.07) is 15.4. The Morgan fingerprint density at radius 2 is 1.79 bits per heavy atom. The van der Waals surface area contributed by atoms with Gasteiger partial charge in [-0.2, -0.15) is 0 Å². The number of amides is 1. The number of carbonyl (C=O) groups excluding carboxylic acids is 2. The number of anilines is 1. The highest BCUT2D eigenvalue weighted by Crippen LogP contribution is 2.40. The highest BCUT2D eigenvalue weighted by atomic mass is 32.2. The van der Waals surface area contributed by atoms with Crippen molar-refractivity contribution < 1.29 is 19.1 Å². The van der Waals surface area contributed by atoms with Crippen LogP contribution in [0.3, 0.4) is 0 Å². The van der Waals surface area contributed by atoms with Crippen LogP contribution in [0.25, 0.3) is 0 Å². The summed E-state index contributed by atoms with van der Waals surface area (Å²) < 4.78 is 10.6. The van der Waals surface area contributed by atoms with Gasteiger partial charge in [0.15, 0.2) is 0 Å². The molecule has 1 amide bonds. The lowest BCUT2D eigenvalue weighted by molar-refractivity contribution is -0.153. The number of hydrogen-bond donors (Lipinski definition) is 0. The Morgan fingerprint density at radius 3 is 2.43 bits per heavy atom. The highest BCUT2D eigenvalue weighted by molar-refractivity contribution is 8.01. The monoisotopic (exact) mass is 399 g/mol. The number of rotatable bonds is 5. The van der Waals surface area contributed by atoms with Gasteiger partial charge in [0.1, 0.15) is 17.9 Å². The molecular weight excluding hydrogens is 374 g/mol. The van der Waals surface area contributed by atoms with Crippen molar-refractivity contribution in [1.82, 2.24) is 0 Å². The third kappa shape index (κ3) is 4.87. The molecule has 0 fully saturated rings. The highest BCUT2D eigenvalue weighted by Gasteiger charge is 2.35. The molecule has 0 N–H and O–H groups in total. The van der Waals surface area contributed by atoms with Gasteiger partial charge in [0.05, 0.1) is 18.0 Å². The summed E-state index contributed by atoms with van der Waals surface area (Å²) in [5.41, 5.74) is 1.21. The summed E-state index contributed by atoms with van der Waals surface area (Å²) in [6.45, 7) is 5.37. The van der Waals surface area contributed by atoms with E-state index < -0.39 is 11.6 Å². The van der Waals surface area contributed by atoms with E-state index >= 15 is 0 Å². The molecule has 1 aliphatic heterocycles. The molecule has 28 heavy (non-hydrogen) atoms. The zero-order chi connectivity index (χ0) is 20.3. The smallest absolute Gasteiger partial charge is 0.326 e. The number of methoxy groups -OCH3 is 1. The number of benzene rings is 2. The summed E-state index contributed by atoms with van der Waals surface area (Å²) in [5, 5.41) is -0.300. The predicted molar refractivity (Wildman–Crippen MR) is 111 cm³/mol. The van der Waals surface area contributed by atoms with E-state index in [1.807, 2.05) is 69.3 Å². The van der Waals surface area contributed by atoms with Gasteiger partial charge in [-0.15, -0.1) is 11.8 Å². The normalized spacial score (nSPS) is 16.5. The van der Waals surface area contributed by atoms with E-state index in [4.69, 9.17) is 9.47 Å². The number of nitrogens with zero attached hydrogens (tertiary/aromatic N) is 1. The van der Waals surface area contributed by atoms with Crippen LogP contribution in [0.4, 0.5) is 5.69 Å². The number of fused-ring (bicyclic) bond motifs is 1. The van der Waals surface area contributed by atoms with E-state index in [0.29, 0.717) is 6.42 Å². The summed E-state index contributed by atoms with van der Waals surface area (Å²) in [4.78, 5) is 28.1. The van der Waals surface area contributed by atoms with Crippen molar-refractivity contribution in [2.45, 2.75) is 42.9 Å². The second-order valence-corrected chi connectivity index (χ2v) is 8.88. The Balaban J connectivity index is 1.82. The lowest BCUT2D eigenvalue weighted by Gasteiger charge is -2.33. The standard InChI is InChI=1S/C22H25NO4S/c1-22(2,3)27-20(24)14-23-17-7-5-6-8-18(17)28-19(21(23)25)13-15-9-11-16(26-4)12-10-15/h5-12,19H,13-14H2,1-4H3. The fourth-order valence-electron chi connectivity index (χ4n) is 3.05. The van der Waals surface area contributed by atoms with Crippen LogP contribution < -0.4 is 9.64 Å². The molecule has 3 rings (SSSR count). The first kappa shape index (κ1) is 20.3. The Hall–Kier alpha value is -2.47. The summed E-state index contributed by atoms with van der Waals surface area (Å²) >= 11 is 1.54. The van der Waals surface area contributed by atoms with Crippen LogP contribution in [-0.4, -0.2) is 36.4 Å². The van der Waals surface area contributed by atoms with E-state index in [1.165, 1.54) is 11.8 Å². The number of esters is 1. The second-order valence-electron chi connectivity index (χ2n) is 7.64. The van der Waals surface area contributed by atoms with Crippen LogP contribution in [0.15, 0.2) is 53.4 Å². The van der Waals surface area contributed by atoms with Gasteiger partial charge in [0, 0.05) is 4.90 Å². The minimum absolute atomic E-state index is 0.0784. The molecule has 0 saturated heterocycles. The largest absolute Gasteiger partial charge is 0.497 e. The third-order valence-corrected chi connectivity index (χ3v) is 5.51. The van der Waals surface area contributed by atoms with Gasteiger partial charge >= 0.3 is 5.97 Å². The van der Waals surface area contributed by atoms with Gasteiger partial charge in [-0.1, -0.05) is 24.3 Å². The van der Waals surface area contributed by atoms with Gasteiger partial charge in [0.25, 0.3) is 0 Å². The SMILES string of the molecule is COc1ccc(CC2Sc3ccccc3N(CC(=O)OC(C)(C)C)C2=O)cc1. The van der Waals surface area contributed by atoms with Crippen LogP contribution >= 0.6 is 11.8 Å². The minimum Gasteiger partial charge on any atom is -0.497 e. The predicted octanol–water partition coefficient (Wildman–Crippen LogP) is 4.09. The lowest BCUT2D eigenvalue weighted by atomic mass is 10.1. The number of para-hydroxylation sites is 1. The van der Waals surface area contributed by atoms with Crippen LogP contribution in [-0.2, 0) is 20.7 Å². The van der Waals surface area contributed by atoms with E-state index in [-0.39, 0.29) is 17.7 Å². The summed E-state index contributed by atoms with van der Waals surface area (Å²) in [7, 11) is 1.63. The first-order valence-corrected chi connectivity index (χ1v) is 10.1. The fourth-order valence-corrected chi connectivity index (χ4v) is 4.31. The Kier molecular flexibility index (Phi) is 5.98. The quantitative estimate of drug-likeness (QED) is 0.709. The van der Waals surface area contributed by atoms with Crippen LogP contribution in [0.1, 0.15) is 26.3 Å². The Morgan fingerprint density at radius 1 is 1.11 bits per heavy atom. The molecule has 6 heteroatoms. The molecule has 148 valence electrons. The first-order chi connectivity index (χ1) is 13.3. The van der Waals surface area contributed by atoms with Crippen molar-refractivity contribution in [3.05, 3.63) is 54.1 Å². The van der Waals surface area contributed by atoms with E-state index in [1.54, 1.807) is 12.0 Å². The molecule has 0 bridgehead atoms. The van der Waals surface area contributed by atoms with Crippen molar-refractivity contribution in [2.75, 3.05) is 18.6 Å². The molecule has 0 spiro atoms.